The number of hydrogen-bond acceptors (Lipinski definition) is 6. The summed E-state index contributed by atoms with van der Waals surface area (Å²) in [5, 5.41) is 0. The van der Waals surface area contributed by atoms with Crippen molar-refractivity contribution < 1.29 is 75.3 Å². The minimum atomic E-state index is -2.86. The maximum Gasteiger partial charge on any atom is 2.00 e. The van der Waals surface area contributed by atoms with Crippen LogP contribution in [0.25, 0.3) is 0 Å². The number of rotatable bonds is 0. The van der Waals surface area contributed by atoms with Crippen LogP contribution in [0.15, 0.2) is 0 Å². The van der Waals surface area contributed by atoms with E-state index in [9.17, 15) is 0 Å². The summed E-state index contributed by atoms with van der Waals surface area (Å²) in [5.74, 6) is 0. The molecule has 0 heterocycles. The minimum absolute atomic E-state index is 0. The predicted molar refractivity (Wildman–Crippen MR) is 22.7 cm³/mol. The molecule has 9 heavy (non-hydrogen) atoms. The van der Waals surface area contributed by atoms with Gasteiger partial charge in [-0.15, -0.1) is 0 Å². The Kier molecular flexibility index (Phi) is 22.6. The van der Waals surface area contributed by atoms with Crippen molar-refractivity contribution in [2.24, 2.45) is 0 Å². The van der Waals surface area contributed by atoms with Crippen LogP contribution in [0, 0.1) is 49.4 Å². The second-order valence-corrected chi connectivity index (χ2v) is 1.30. The molecule has 2 N–H and O–H groups in total. The van der Waals surface area contributed by atoms with Crippen LogP contribution in [0.2, 0.25) is 0 Å². The van der Waals surface area contributed by atoms with E-state index in [0.717, 1.165) is 0 Å². The molecule has 0 aromatic heterocycles. The van der Waals surface area contributed by atoms with Crippen LogP contribution in [0.5, 0.6) is 0 Å². The quantitative estimate of drug-likeness (QED) is 0.356. The van der Waals surface area contributed by atoms with E-state index in [0.29, 0.717) is 0 Å². The van der Waals surface area contributed by atoms with Crippen molar-refractivity contribution in [3.05, 3.63) is 0 Å². The molecule has 57 valence electrons. The van der Waals surface area contributed by atoms with Crippen molar-refractivity contribution in [1.82, 2.24) is 0 Å². The zero-order valence-electron chi connectivity index (χ0n) is 3.72. The summed E-state index contributed by atoms with van der Waals surface area (Å²) in [5.41, 5.74) is 0. The molecule has 0 aliphatic rings. The summed E-state index contributed by atoms with van der Waals surface area (Å²) < 4.78 is 48.2. The molecule has 0 spiro atoms. The third kappa shape index (κ3) is 261. The first-order chi connectivity index (χ1) is 3.46. The molecular weight excluding hydrogens is 312 g/mol. The van der Waals surface area contributed by atoms with E-state index in [2.05, 4.69) is 0 Å². The molecule has 0 saturated heterocycles. The van der Waals surface area contributed by atoms with E-state index in [-0.39, 0.29) is 49.4 Å². The van der Waals surface area contributed by atoms with E-state index in [1.165, 1.54) is 0 Å². The molecule has 1 radical (unpaired) electrons. The Morgan fingerprint density at radius 3 is 0.778 bits per heavy atom. The van der Waals surface area contributed by atoms with Crippen molar-refractivity contribution in [2.75, 3.05) is 0 Å². The van der Waals surface area contributed by atoms with E-state index in [1.807, 2.05) is 0 Å². The first-order valence-electron chi connectivity index (χ1n) is 1.03. The van der Waals surface area contributed by atoms with Gasteiger partial charge < -0.3 is 25.9 Å². The Labute approximate surface area is 95.7 Å². The second-order valence-electron chi connectivity index (χ2n) is 0.434. The zero-order chi connectivity index (χ0) is 7.15. The van der Waals surface area contributed by atoms with E-state index >= 15 is 0 Å². The maximum absolute atomic E-state index is 8.56. The van der Waals surface area contributed by atoms with Gasteiger partial charge in [-0.25, -0.2) is 0 Å². The molecule has 0 fully saturated rings. The summed E-state index contributed by atoms with van der Waals surface area (Å²) in [6.07, 6.45) is 0. The average Bonchev–Trinajstić information content (AvgIpc) is 1.25. The summed E-state index contributed by atoms with van der Waals surface area (Å²) >= 11 is 0. The minimum Gasteiger partial charge on any atom is -0.439 e. The molecule has 0 saturated carbocycles. The van der Waals surface area contributed by atoms with Crippen LogP contribution in [-0.2, 0) is 38.8 Å². The van der Waals surface area contributed by atoms with Gasteiger partial charge in [-0.3, -0.25) is 0 Å². The van der Waals surface area contributed by atoms with Crippen molar-refractivity contribution in [3.63, 3.8) is 0 Å². The standard InChI is InChI=1S/Eu.2HO3S/c;2*1-4(2)3/h;2*(H,1,2,3)/q+2;2*-1. The Morgan fingerprint density at radius 1 is 0.778 bits per heavy atom. The van der Waals surface area contributed by atoms with Gasteiger partial charge in [0.2, 0.25) is 0 Å². The molecule has 0 unspecified atom stereocenters. The van der Waals surface area contributed by atoms with Crippen molar-refractivity contribution in [3.8, 4) is 0 Å². The fourth-order valence-electron chi connectivity index (χ4n) is 0. The van der Waals surface area contributed by atoms with Gasteiger partial charge in [0.25, 0.3) is 0 Å². The van der Waals surface area contributed by atoms with Gasteiger partial charge in [0, 0.05) is 22.0 Å². The topological polar surface area (TPSA) is 109 Å². The fourth-order valence-corrected chi connectivity index (χ4v) is 0. The maximum atomic E-state index is 8.56. The van der Waals surface area contributed by atoms with Gasteiger partial charge in [0.05, 0.1) is 0 Å². The van der Waals surface area contributed by atoms with Crippen molar-refractivity contribution in [2.45, 2.75) is 0 Å². The van der Waals surface area contributed by atoms with Crippen LogP contribution in [0.4, 0.5) is 0 Å². The largest absolute Gasteiger partial charge is 2.00 e. The average molecular weight is 314 g/mol. The second kappa shape index (κ2) is 12.1. The molecule has 0 aliphatic carbocycles. The molecule has 0 atom stereocenters. The van der Waals surface area contributed by atoms with Crippen molar-refractivity contribution >= 4 is 22.0 Å². The van der Waals surface area contributed by atoms with Gasteiger partial charge >= 0.3 is 49.4 Å². The molecule has 0 aromatic carbocycles. The van der Waals surface area contributed by atoms with E-state index in [4.69, 9.17) is 25.9 Å². The third-order valence-corrected chi connectivity index (χ3v) is 0. The van der Waals surface area contributed by atoms with Gasteiger partial charge in [-0.1, -0.05) is 0 Å². The van der Waals surface area contributed by atoms with Gasteiger partial charge in [-0.2, -0.15) is 0 Å². The Bertz CT molecular complexity index is 128. The Morgan fingerprint density at radius 2 is 0.778 bits per heavy atom. The SMILES string of the molecule is O=[S-](=O)O.O=[S-](=O)O.[Eu+2]. The van der Waals surface area contributed by atoms with Gasteiger partial charge in [0.1, 0.15) is 0 Å². The summed E-state index contributed by atoms with van der Waals surface area (Å²) in [4.78, 5) is 0. The fraction of sp³-hybridized carbons (Fsp3) is 0. The molecule has 0 bridgehead atoms. The van der Waals surface area contributed by atoms with E-state index < -0.39 is 22.0 Å². The smallest absolute Gasteiger partial charge is 0.439 e. The van der Waals surface area contributed by atoms with Crippen molar-refractivity contribution in [1.29, 1.82) is 0 Å². The monoisotopic (exact) mass is 315 g/mol. The Balaban J connectivity index is -0.0000000720. The normalized spacial score (nSPS) is 7.56. The van der Waals surface area contributed by atoms with Crippen LogP contribution in [0.1, 0.15) is 0 Å². The molecule has 0 aromatic rings. The first kappa shape index (κ1) is 16.8. The molecule has 0 rings (SSSR count). The van der Waals surface area contributed by atoms with Crippen LogP contribution in [-0.4, -0.2) is 9.11 Å². The van der Waals surface area contributed by atoms with Gasteiger partial charge in [-0.05, 0) is 0 Å². The first-order valence-corrected chi connectivity index (χ1v) is 3.10. The van der Waals surface area contributed by atoms with Crippen LogP contribution in [0.3, 0.4) is 0 Å². The predicted octanol–water partition coefficient (Wildman–Crippen LogP) is -0.463. The molecule has 6 nitrogen and oxygen atoms in total. The summed E-state index contributed by atoms with van der Waals surface area (Å²) in [6, 6.07) is 0. The Hall–Kier alpha value is 1.40. The van der Waals surface area contributed by atoms with E-state index in [1.54, 1.807) is 0 Å². The van der Waals surface area contributed by atoms with Crippen LogP contribution < -0.4 is 0 Å². The number of hydrogen-bond donors (Lipinski definition) is 2. The summed E-state index contributed by atoms with van der Waals surface area (Å²) in [7, 11) is -5.72. The zero-order valence-corrected chi connectivity index (χ0v) is 7.78. The summed E-state index contributed by atoms with van der Waals surface area (Å²) in [6.45, 7) is 0. The van der Waals surface area contributed by atoms with Gasteiger partial charge in [0.15, 0.2) is 0 Å². The molecular formula is H2EuO6S2. The third-order valence-electron chi connectivity index (χ3n) is 0. The van der Waals surface area contributed by atoms with Crippen LogP contribution >= 0.6 is 0 Å². The molecule has 9 heteroatoms. The molecule has 0 amide bonds. The molecule has 0 aliphatic heterocycles.